The summed E-state index contributed by atoms with van der Waals surface area (Å²) in [4.78, 5) is 13.3. The molecule has 1 amide bonds. The van der Waals surface area contributed by atoms with E-state index >= 15 is 0 Å². The lowest BCUT2D eigenvalue weighted by atomic mass is 9.91. The SMILES string of the molecule is CCC1(O)CN(CC(=O)NCCOC)C1. The summed E-state index contributed by atoms with van der Waals surface area (Å²) in [5.74, 6) is -0.00907. The number of hydrogen-bond donors (Lipinski definition) is 2. The molecule has 0 aromatic carbocycles. The Morgan fingerprint density at radius 1 is 1.60 bits per heavy atom. The van der Waals surface area contributed by atoms with Crippen molar-refractivity contribution in [3.05, 3.63) is 0 Å². The van der Waals surface area contributed by atoms with Crippen molar-refractivity contribution >= 4 is 5.91 Å². The van der Waals surface area contributed by atoms with E-state index in [2.05, 4.69) is 5.32 Å². The molecule has 1 fully saturated rings. The Hall–Kier alpha value is -0.650. The van der Waals surface area contributed by atoms with E-state index in [1.807, 2.05) is 11.8 Å². The van der Waals surface area contributed by atoms with E-state index in [0.29, 0.717) is 32.8 Å². The fourth-order valence-electron chi connectivity index (χ4n) is 1.67. The molecule has 0 aromatic heterocycles. The van der Waals surface area contributed by atoms with E-state index in [0.717, 1.165) is 6.42 Å². The molecule has 0 unspecified atom stereocenters. The van der Waals surface area contributed by atoms with E-state index in [1.54, 1.807) is 7.11 Å². The quantitative estimate of drug-likeness (QED) is 0.571. The van der Waals surface area contributed by atoms with Gasteiger partial charge in [0.05, 0.1) is 18.8 Å². The first-order valence-corrected chi connectivity index (χ1v) is 5.30. The van der Waals surface area contributed by atoms with Gasteiger partial charge in [-0.3, -0.25) is 9.69 Å². The first kappa shape index (κ1) is 12.4. The van der Waals surface area contributed by atoms with Gasteiger partial charge in [-0.15, -0.1) is 0 Å². The summed E-state index contributed by atoms with van der Waals surface area (Å²) >= 11 is 0. The largest absolute Gasteiger partial charge is 0.387 e. The van der Waals surface area contributed by atoms with Gasteiger partial charge in [0.25, 0.3) is 0 Å². The monoisotopic (exact) mass is 216 g/mol. The van der Waals surface area contributed by atoms with E-state index in [-0.39, 0.29) is 5.91 Å². The van der Waals surface area contributed by atoms with Crippen molar-refractivity contribution in [1.29, 1.82) is 0 Å². The molecule has 88 valence electrons. The van der Waals surface area contributed by atoms with Gasteiger partial charge in [-0.2, -0.15) is 0 Å². The highest BCUT2D eigenvalue weighted by Crippen LogP contribution is 2.23. The number of aliphatic hydroxyl groups is 1. The van der Waals surface area contributed by atoms with Gasteiger partial charge < -0.3 is 15.2 Å². The lowest BCUT2D eigenvalue weighted by Gasteiger charge is -2.45. The van der Waals surface area contributed by atoms with Crippen molar-refractivity contribution in [2.75, 3.05) is 39.9 Å². The van der Waals surface area contributed by atoms with Crippen molar-refractivity contribution in [1.82, 2.24) is 10.2 Å². The normalized spacial score (nSPS) is 19.7. The van der Waals surface area contributed by atoms with Crippen LogP contribution in [0.25, 0.3) is 0 Å². The summed E-state index contributed by atoms with van der Waals surface area (Å²) in [6.07, 6.45) is 0.745. The van der Waals surface area contributed by atoms with Gasteiger partial charge in [-0.05, 0) is 6.42 Å². The number of carbonyl (C=O) groups excluding carboxylic acids is 1. The van der Waals surface area contributed by atoms with E-state index in [4.69, 9.17) is 4.74 Å². The van der Waals surface area contributed by atoms with Gasteiger partial charge in [-0.25, -0.2) is 0 Å². The molecule has 0 saturated carbocycles. The summed E-state index contributed by atoms with van der Waals surface area (Å²) in [5.41, 5.74) is -0.563. The molecule has 0 bridgehead atoms. The number of amides is 1. The molecule has 0 spiro atoms. The predicted octanol–water partition coefficient (Wildman–Crippen LogP) is -0.794. The zero-order valence-electron chi connectivity index (χ0n) is 9.45. The number of β-amino-alcohol motifs (C(OH)–C–C–N with tert-alkyl or cyclic N) is 1. The van der Waals surface area contributed by atoms with Crippen molar-refractivity contribution in [2.45, 2.75) is 18.9 Å². The maximum Gasteiger partial charge on any atom is 0.234 e. The van der Waals surface area contributed by atoms with Crippen molar-refractivity contribution in [2.24, 2.45) is 0 Å². The fraction of sp³-hybridized carbons (Fsp3) is 0.900. The Morgan fingerprint density at radius 3 is 2.80 bits per heavy atom. The molecule has 0 radical (unpaired) electrons. The second-order valence-electron chi connectivity index (χ2n) is 4.07. The summed E-state index contributed by atoms with van der Waals surface area (Å²) in [6, 6.07) is 0. The minimum absolute atomic E-state index is 0.00907. The van der Waals surface area contributed by atoms with E-state index < -0.39 is 5.60 Å². The molecule has 0 aromatic rings. The van der Waals surface area contributed by atoms with Crippen LogP contribution in [0.2, 0.25) is 0 Å². The van der Waals surface area contributed by atoms with Crippen LogP contribution in [0.3, 0.4) is 0 Å². The second-order valence-corrected chi connectivity index (χ2v) is 4.07. The predicted molar refractivity (Wildman–Crippen MR) is 56.6 cm³/mol. The smallest absolute Gasteiger partial charge is 0.234 e. The number of ether oxygens (including phenoxy) is 1. The molecular formula is C10H20N2O3. The Balaban J connectivity index is 2.08. The maximum absolute atomic E-state index is 11.3. The molecule has 1 heterocycles. The first-order valence-electron chi connectivity index (χ1n) is 5.30. The van der Waals surface area contributed by atoms with Crippen LogP contribution in [-0.4, -0.2) is 61.4 Å². The number of carbonyl (C=O) groups is 1. The summed E-state index contributed by atoms with van der Waals surface area (Å²) < 4.78 is 4.82. The number of nitrogens with zero attached hydrogens (tertiary/aromatic N) is 1. The van der Waals surface area contributed by atoms with Gasteiger partial charge in [0.2, 0.25) is 5.91 Å². The van der Waals surface area contributed by atoms with Crippen LogP contribution in [0.4, 0.5) is 0 Å². The van der Waals surface area contributed by atoms with Crippen LogP contribution < -0.4 is 5.32 Å². The minimum atomic E-state index is -0.563. The Morgan fingerprint density at radius 2 is 2.27 bits per heavy atom. The topological polar surface area (TPSA) is 61.8 Å². The van der Waals surface area contributed by atoms with Crippen molar-refractivity contribution < 1.29 is 14.6 Å². The first-order chi connectivity index (χ1) is 7.09. The molecule has 0 aliphatic carbocycles. The van der Waals surface area contributed by atoms with Crippen molar-refractivity contribution in [3.63, 3.8) is 0 Å². The van der Waals surface area contributed by atoms with Crippen LogP contribution in [0.5, 0.6) is 0 Å². The van der Waals surface area contributed by atoms with Crippen LogP contribution >= 0.6 is 0 Å². The number of likely N-dealkylation sites (tertiary alicyclic amines) is 1. The Bertz CT molecular complexity index is 215. The van der Waals surface area contributed by atoms with Gasteiger partial charge in [0.1, 0.15) is 0 Å². The number of methoxy groups -OCH3 is 1. The highest BCUT2D eigenvalue weighted by molar-refractivity contribution is 5.78. The number of nitrogens with one attached hydrogen (secondary N) is 1. The van der Waals surface area contributed by atoms with Gasteiger partial charge in [0.15, 0.2) is 0 Å². The zero-order chi connectivity index (χ0) is 11.3. The average molecular weight is 216 g/mol. The van der Waals surface area contributed by atoms with Gasteiger partial charge in [0, 0.05) is 26.7 Å². The molecule has 1 saturated heterocycles. The summed E-state index contributed by atoms with van der Waals surface area (Å²) in [6.45, 7) is 4.59. The maximum atomic E-state index is 11.3. The number of rotatable bonds is 6. The highest BCUT2D eigenvalue weighted by Gasteiger charge is 2.39. The second kappa shape index (κ2) is 5.44. The van der Waals surface area contributed by atoms with Crippen LogP contribution in [0.15, 0.2) is 0 Å². The number of hydrogen-bond acceptors (Lipinski definition) is 4. The molecule has 15 heavy (non-hydrogen) atoms. The highest BCUT2D eigenvalue weighted by atomic mass is 16.5. The molecule has 5 nitrogen and oxygen atoms in total. The Labute approximate surface area is 90.4 Å². The molecule has 5 heteroatoms. The summed E-state index contributed by atoms with van der Waals surface area (Å²) in [7, 11) is 1.60. The third-order valence-electron chi connectivity index (χ3n) is 2.69. The lowest BCUT2D eigenvalue weighted by molar-refractivity contribution is -0.133. The Kier molecular flexibility index (Phi) is 4.50. The molecule has 2 N–H and O–H groups in total. The van der Waals surface area contributed by atoms with Crippen LogP contribution in [0.1, 0.15) is 13.3 Å². The molecule has 1 rings (SSSR count). The minimum Gasteiger partial charge on any atom is -0.387 e. The van der Waals surface area contributed by atoms with E-state index in [9.17, 15) is 9.90 Å². The van der Waals surface area contributed by atoms with Crippen molar-refractivity contribution in [3.8, 4) is 0 Å². The van der Waals surface area contributed by atoms with Crippen LogP contribution in [0, 0.1) is 0 Å². The van der Waals surface area contributed by atoms with Gasteiger partial charge in [-0.1, -0.05) is 6.92 Å². The lowest BCUT2D eigenvalue weighted by Crippen LogP contribution is -2.63. The van der Waals surface area contributed by atoms with Crippen LogP contribution in [-0.2, 0) is 9.53 Å². The standard InChI is InChI=1S/C10H20N2O3/c1-3-10(14)7-12(8-10)6-9(13)11-4-5-15-2/h14H,3-8H2,1-2H3,(H,11,13). The molecule has 1 aliphatic rings. The molecule has 0 atom stereocenters. The van der Waals surface area contributed by atoms with Gasteiger partial charge >= 0.3 is 0 Å². The molecular weight excluding hydrogens is 196 g/mol. The third kappa shape index (κ3) is 3.77. The average Bonchev–Trinajstić information content (AvgIpc) is 2.15. The van der Waals surface area contributed by atoms with E-state index in [1.165, 1.54) is 0 Å². The third-order valence-corrected chi connectivity index (χ3v) is 2.69. The fourth-order valence-corrected chi connectivity index (χ4v) is 1.67. The summed E-state index contributed by atoms with van der Waals surface area (Å²) in [5, 5.41) is 12.5. The molecule has 1 aliphatic heterocycles. The zero-order valence-corrected chi connectivity index (χ0v) is 9.45.